The zero-order valence-electron chi connectivity index (χ0n) is 13.4. The van der Waals surface area contributed by atoms with E-state index in [4.69, 9.17) is 0 Å². The number of rotatable bonds is 6. The molecule has 1 fully saturated rings. The van der Waals surface area contributed by atoms with E-state index in [1.807, 2.05) is 24.0 Å². The van der Waals surface area contributed by atoms with Gasteiger partial charge in [0, 0.05) is 38.9 Å². The van der Waals surface area contributed by atoms with E-state index < -0.39 is 0 Å². The summed E-state index contributed by atoms with van der Waals surface area (Å²) in [4.78, 5) is 16.6. The number of aromatic nitrogens is 2. The van der Waals surface area contributed by atoms with Crippen molar-refractivity contribution >= 4 is 5.91 Å². The average molecular weight is 293 g/mol. The number of likely N-dealkylation sites (N-methyl/N-ethyl adjacent to an activating group) is 1. The maximum absolute atomic E-state index is 12.0. The van der Waals surface area contributed by atoms with E-state index in [1.54, 1.807) is 0 Å². The molecule has 1 amide bonds. The van der Waals surface area contributed by atoms with Gasteiger partial charge in [0.25, 0.3) is 0 Å². The first-order valence-corrected chi connectivity index (χ1v) is 7.80. The lowest BCUT2D eigenvalue weighted by Crippen LogP contribution is -2.49. The van der Waals surface area contributed by atoms with Gasteiger partial charge in [-0.15, -0.1) is 0 Å². The minimum atomic E-state index is 0.107. The highest BCUT2D eigenvalue weighted by Crippen LogP contribution is 2.05. The zero-order chi connectivity index (χ0) is 15.2. The average Bonchev–Trinajstić information content (AvgIpc) is 2.92. The van der Waals surface area contributed by atoms with Crippen LogP contribution < -0.4 is 5.32 Å². The standard InChI is InChI=1S/C15H27N5O/c1-4-18-5-7-19(8-6-18)12-15(21)16-10-14(3)20-11-13(2)9-17-20/h9,11,14H,4-8,10,12H2,1-3H3,(H,16,21)/t14-/m0/s1. The van der Waals surface area contributed by atoms with Crippen molar-refractivity contribution in [3.05, 3.63) is 18.0 Å². The molecule has 0 spiro atoms. The molecule has 2 heterocycles. The molecule has 1 aliphatic rings. The molecule has 0 bridgehead atoms. The Labute approximate surface area is 127 Å². The van der Waals surface area contributed by atoms with Crippen molar-refractivity contribution in [1.82, 2.24) is 24.9 Å². The molecule has 1 atom stereocenters. The van der Waals surface area contributed by atoms with E-state index in [0.717, 1.165) is 38.3 Å². The highest BCUT2D eigenvalue weighted by atomic mass is 16.2. The second kappa shape index (κ2) is 7.56. The van der Waals surface area contributed by atoms with Crippen LogP contribution in [0.15, 0.2) is 12.4 Å². The Hall–Kier alpha value is -1.40. The van der Waals surface area contributed by atoms with Crippen molar-refractivity contribution in [2.24, 2.45) is 0 Å². The fourth-order valence-corrected chi connectivity index (χ4v) is 2.55. The first-order valence-electron chi connectivity index (χ1n) is 7.80. The third kappa shape index (κ3) is 4.82. The lowest BCUT2D eigenvalue weighted by Gasteiger charge is -2.33. The third-order valence-electron chi connectivity index (χ3n) is 4.06. The van der Waals surface area contributed by atoms with Gasteiger partial charge in [-0.25, -0.2) is 0 Å². The lowest BCUT2D eigenvalue weighted by molar-refractivity contribution is -0.122. The van der Waals surface area contributed by atoms with E-state index in [0.29, 0.717) is 13.1 Å². The quantitative estimate of drug-likeness (QED) is 0.830. The van der Waals surface area contributed by atoms with E-state index in [2.05, 4.69) is 34.1 Å². The van der Waals surface area contributed by atoms with Gasteiger partial charge in [-0.2, -0.15) is 5.10 Å². The fraction of sp³-hybridized carbons (Fsp3) is 0.733. The summed E-state index contributed by atoms with van der Waals surface area (Å²) in [5.74, 6) is 0.107. The lowest BCUT2D eigenvalue weighted by atomic mass is 10.3. The molecular formula is C15H27N5O. The first kappa shape index (κ1) is 16.0. The Bertz CT molecular complexity index is 451. The molecule has 0 radical (unpaired) electrons. The van der Waals surface area contributed by atoms with Crippen molar-refractivity contribution in [1.29, 1.82) is 0 Å². The second-order valence-electron chi connectivity index (χ2n) is 5.86. The van der Waals surface area contributed by atoms with Crippen LogP contribution in [-0.4, -0.2) is 71.3 Å². The number of carbonyl (C=O) groups excluding carboxylic acids is 1. The minimum Gasteiger partial charge on any atom is -0.353 e. The Kier molecular flexibility index (Phi) is 5.76. The molecule has 1 N–H and O–H groups in total. The van der Waals surface area contributed by atoms with Gasteiger partial charge in [0.05, 0.1) is 18.8 Å². The summed E-state index contributed by atoms with van der Waals surface area (Å²) in [6.07, 6.45) is 3.84. The summed E-state index contributed by atoms with van der Waals surface area (Å²) in [5, 5.41) is 7.28. The number of hydrogen-bond acceptors (Lipinski definition) is 4. The highest BCUT2D eigenvalue weighted by Gasteiger charge is 2.18. The van der Waals surface area contributed by atoms with Crippen LogP contribution in [0.1, 0.15) is 25.5 Å². The fourth-order valence-electron chi connectivity index (χ4n) is 2.55. The molecule has 6 nitrogen and oxygen atoms in total. The van der Waals surface area contributed by atoms with E-state index in [1.165, 1.54) is 0 Å². The predicted octanol–water partition coefficient (Wildman–Crippen LogP) is 0.506. The summed E-state index contributed by atoms with van der Waals surface area (Å²) < 4.78 is 1.90. The topological polar surface area (TPSA) is 53.4 Å². The van der Waals surface area contributed by atoms with Gasteiger partial charge in [0.15, 0.2) is 0 Å². The molecule has 1 aliphatic heterocycles. The van der Waals surface area contributed by atoms with Crippen molar-refractivity contribution in [3.63, 3.8) is 0 Å². The van der Waals surface area contributed by atoms with E-state index in [9.17, 15) is 4.79 Å². The van der Waals surface area contributed by atoms with Crippen molar-refractivity contribution in [3.8, 4) is 0 Å². The number of nitrogens with zero attached hydrogens (tertiary/aromatic N) is 4. The molecule has 21 heavy (non-hydrogen) atoms. The smallest absolute Gasteiger partial charge is 0.234 e. The van der Waals surface area contributed by atoms with Crippen LogP contribution in [0.4, 0.5) is 0 Å². The van der Waals surface area contributed by atoms with Gasteiger partial charge in [-0.3, -0.25) is 14.4 Å². The van der Waals surface area contributed by atoms with Crippen LogP contribution in [0.2, 0.25) is 0 Å². The van der Waals surface area contributed by atoms with Gasteiger partial charge in [0.1, 0.15) is 0 Å². The maximum atomic E-state index is 12.0. The van der Waals surface area contributed by atoms with Crippen molar-refractivity contribution in [2.45, 2.75) is 26.8 Å². The van der Waals surface area contributed by atoms with Crippen LogP contribution in [-0.2, 0) is 4.79 Å². The highest BCUT2D eigenvalue weighted by molar-refractivity contribution is 5.78. The number of amides is 1. The number of hydrogen-bond donors (Lipinski definition) is 1. The molecule has 0 aromatic carbocycles. The van der Waals surface area contributed by atoms with Crippen LogP contribution in [0.25, 0.3) is 0 Å². The van der Waals surface area contributed by atoms with Gasteiger partial charge in [0.2, 0.25) is 5.91 Å². The predicted molar refractivity (Wildman–Crippen MR) is 83.2 cm³/mol. The molecule has 0 unspecified atom stereocenters. The summed E-state index contributed by atoms with van der Waals surface area (Å²) >= 11 is 0. The Morgan fingerprint density at radius 3 is 2.57 bits per heavy atom. The number of aryl methyl sites for hydroxylation is 1. The number of carbonyl (C=O) groups is 1. The molecule has 1 saturated heterocycles. The molecule has 2 rings (SSSR count). The van der Waals surface area contributed by atoms with Crippen molar-refractivity contribution < 1.29 is 4.79 Å². The molecular weight excluding hydrogens is 266 g/mol. The Balaban J connectivity index is 1.68. The van der Waals surface area contributed by atoms with Gasteiger partial charge in [-0.05, 0) is 26.0 Å². The second-order valence-corrected chi connectivity index (χ2v) is 5.86. The molecule has 0 saturated carbocycles. The monoisotopic (exact) mass is 293 g/mol. The summed E-state index contributed by atoms with van der Waals surface area (Å²) in [5.41, 5.74) is 1.14. The molecule has 1 aromatic rings. The Morgan fingerprint density at radius 1 is 1.33 bits per heavy atom. The molecule has 1 aromatic heterocycles. The number of piperazine rings is 1. The van der Waals surface area contributed by atoms with E-state index >= 15 is 0 Å². The van der Waals surface area contributed by atoms with Crippen LogP contribution in [0.5, 0.6) is 0 Å². The van der Waals surface area contributed by atoms with Gasteiger partial charge < -0.3 is 10.2 Å². The van der Waals surface area contributed by atoms with Crippen LogP contribution in [0, 0.1) is 6.92 Å². The maximum Gasteiger partial charge on any atom is 0.234 e. The van der Waals surface area contributed by atoms with Gasteiger partial charge in [-0.1, -0.05) is 6.92 Å². The largest absolute Gasteiger partial charge is 0.353 e. The minimum absolute atomic E-state index is 0.107. The van der Waals surface area contributed by atoms with Gasteiger partial charge >= 0.3 is 0 Å². The summed E-state index contributed by atoms with van der Waals surface area (Å²) in [7, 11) is 0. The normalized spacial score (nSPS) is 18.6. The summed E-state index contributed by atoms with van der Waals surface area (Å²) in [6, 6.07) is 0.180. The first-order chi connectivity index (χ1) is 10.1. The third-order valence-corrected chi connectivity index (χ3v) is 4.06. The Morgan fingerprint density at radius 2 is 2.00 bits per heavy atom. The van der Waals surface area contributed by atoms with E-state index in [-0.39, 0.29) is 11.9 Å². The summed E-state index contributed by atoms with van der Waals surface area (Å²) in [6.45, 7) is 12.6. The molecule has 118 valence electrons. The van der Waals surface area contributed by atoms with Crippen LogP contribution >= 0.6 is 0 Å². The van der Waals surface area contributed by atoms with Crippen LogP contribution in [0.3, 0.4) is 0 Å². The SMILES string of the molecule is CCN1CCN(CC(=O)NC[C@H](C)n2cc(C)cn2)CC1. The zero-order valence-corrected chi connectivity index (χ0v) is 13.4. The molecule has 6 heteroatoms. The number of nitrogens with one attached hydrogen (secondary N) is 1. The van der Waals surface area contributed by atoms with Crippen molar-refractivity contribution in [2.75, 3.05) is 45.8 Å². The molecule has 0 aliphatic carbocycles.